The second-order valence-corrected chi connectivity index (χ2v) is 5.23. The molecular formula is C18H17N3O5. The summed E-state index contributed by atoms with van der Waals surface area (Å²) < 4.78 is 10.2. The number of methoxy groups -OCH3 is 1. The summed E-state index contributed by atoms with van der Waals surface area (Å²) in [6.45, 7) is 0.778. The van der Waals surface area contributed by atoms with Gasteiger partial charge in [0.05, 0.1) is 24.5 Å². The fourth-order valence-electron chi connectivity index (χ4n) is 2.24. The normalized spacial score (nSPS) is 9.85. The lowest BCUT2D eigenvalue weighted by Gasteiger charge is -2.10. The van der Waals surface area contributed by atoms with Crippen LogP contribution in [0.4, 0.5) is 11.4 Å². The highest BCUT2D eigenvalue weighted by Crippen LogP contribution is 2.23. The molecule has 0 radical (unpaired) electrons. The third kappa shape index (κ3) is 4.95. The van der Waals surface area contributed by atoms with Crippen LogP contribution in [0.15, 0.2) is 42.5 Å². The Morgan fingerprint density at radius 2 is 2.00 bits per heavy atom. The number of ether oxygens (including phenoxy) is 2. The van der Waals surface area contributed by atoms with Gasteiger partial charge >= 0.3 is 5.97 Å². The van der Waals surface area contributed by atoms with E-state index in [0.29, 0.717) is 31.0 Å². The molecule has 0 saturated heterocycles. The van der Waals surface area contributed by atoms with Crippen molar-refractivity contribution < 1.29 is 19.2 Å². The van der Waals surface area contributed by atoms with Crippen LogP contribution in [0.5, 0.6) is 5.75 Å². The van der Waals surface area contributed by atoms with Gasteiger partial charge in [0.15, 0.2) is 0 Å². The van der Waals surface area contributed by atoms with Crippen molar-refractivity contribution in [3.8, 4) is 11.8 Å². The molecule has 0 aliphatic rings. The van der Waals surface area contributed by atoms with Crippen LogP contribution in [0.3, 0.4) is 0 Å². The number of nitriles is 1. The molecule has 0 fully saturated rings. The molecule has 26 heavy (non-hydrogen) atoms. The van der Waals surface area contributed by atoms with Crippen molar-refractivity contribution in [2.45, 2.75) is 6.42 Å². The third-order valence-corrected chi connectivity index (χ3v) is 3.51. The molecule has 0 heterocycles. The molecular weight excluding hydrogens is 338 g/mol. The number of nitro benzene ring substituents is 1. The molecule has 0 unspecified atom stereocenters. The van der Waals surface area contributed by atoms with Gasteiger partial charge in [-0.15, -0.1) is 0 Å². The Balaban J connectivity index is 1.92. The van der Waals surface area contributed by atoms with Crippen molar-refractivity contribution >= 4 is 17.3 Å². The molecule has 8 heteroatoms. The topological polar surface area (TPSA) is 114 Å². The lowest BCUT2D eigenvalue weighted by atomic mass is 10.1. The molecule has 0 amide bonds. The van der Waals surface area contributed by atoms with Crippen molar-refractivity contribution in [1.82, 2.24) is 0 Å². The monoisotopic (exact) mass is 355 g/mol. The predicted octanol–water partition coefficient (Wildman–Crippen LogP) is 2.94. The number of carbonyl (C=O) groups excluding carboxylic acids is 1. The summed E-state index contributed by atoms with van der Waals surface area (Å²) in [5.41, 5.74) is 1.04. The number of carbonyl (C=O) groups is 1. The van der Waals surface area contributed by atoms with Gasteiger partial charge in [0.2, 0.25) is 0 Å². The van der Waals surface area contributed by atoms with Crippen molar-refractivity contribution in [2.75, 3.05) is 25.6 Å². The van der Waals surface area contributed by atoms with Crippen LogP contribution < -0.4 is 10.1 Å². The summed E-state index contributed by atoms with van der Waals surface area (Å²) >= 11 is 0. The molecule has 0 spiro atoms. The van der Waals surface area contributed by atoms with Crippen LogP contribution in [0.25, 0.3) is 0 Å². The number of hydrogen-bond donors (Lipinski definition) is 1. The SMILES string of the molecule is COC(=O)c1cc(NCCOc2ccc(CC#N)cc2)ccc1[N+](=O)[O-]. The van der Waals surface area contributed by atoms with Crippen molar-refractivity contribution in [1.29, 1.82) is 5.26 Å². The molecule has 8 nitrogen and oxygen atoms in total. The molecule has 0 aliphatic heterocycles. The Bertz CT molecular complexity index is 828. The Morgan fingerprint density at radius 1 is 1.27 bits per heavy atom. The lowest BCUT2D eigenvalue weighted by Crippen LogP contribution is -2.12. The summed E-state index contributed by atoms with van der Waals surface area (Å²) in [7, 11) is 1.17. The number of anilines is 1. The van der Waals surface area contributed by atoms with Gasteiger partial charge in [-0.2, -0.15) is 5.26 Å². The van der Waals surface area contributed by atoms with E-state index in [9.17, 15) is 14.9 Å². The minimum Gasteiger partial charge on any atom is -0.492 e. The minimum absolute atomic E-state index is 0.114. The molecule has 0 atom stereocenters. The Labute approximate surface area is 150 Å². The number of nitro groups is 1. The second-order valence-electron chi connectivity index (χ2n) is 5.23. The molecule has 0 aliphatic carbocycles. The van der Waals surface area contributed by atoms with Gasteiger partial charge in [-0.1, -0.05) is 12.1 Å². The summed E-state index contributed by atoms with van der Waals surface area (Å²) in [5, 5.41) is 22.6. The largest absolute Gasteiger partial charge is 0.492 e. The van der Waals surface area contributed by atoms with E-state index in [1.807, 2.05) is 12.1 Å². The molecule has 0 bridgehead atoms. The lowest BCUT2D eigenvalue weighted by molar-refractivity contribution is -0.385. The van der Waals surface area contributed by atoms with Crippen LogP contribution >= 0.6 is 0 Å². The minimum atomic E-state index is -0.769. The van der Waals surface area contributed by atoms with E-state index in [1.54, 1.807) is 12.1 Å². The first-order valence-electron chi connectivity index (χ1n) is 7.74. The van der Waals surface area contributed by atoms with Gasteiger partial charge < -0.3 is 14.8 Å². The highest BCUT2D eigenvalue weighted by atomic mass is 16.6. The summed E-state index contributed by atoms with van der Waals surface area (Å²) in [6.07, 6.45) is 0.352. The summed E-state index contributed by atoms with van der Waals surface area (Å²) in [6, 6.07) is 13.4. The zero-order chi connectivity index (χ0) is 18.9. The van der Waals surface area contributed by atoms with Crippen LogP contribution in [0, 0.1) is 21.4 Å². The van der Waals surface area contributed by atoms with Crippen molar-refractivity contribution in [3.05, 3.63) is 63.7 Å². The first-order chi connectivity index (χ1) is 12.5. The Hall–Kier alpha value is -3.60. The van der Waals surface area contributed by atoms with Gasteiger partial charge in [0.25, 0.3) is 5.69 Å². The number of hydrogen-bond acceptors (Lipinski definition) is 7. The average Bonchev–Trinajstić information content (AvgIpc) is 2.65. The fourth-order valence-corrected chi connectivity index (χ4v) is 2.24. The van der Waals surface area contributed by atoms with Gasteiger partial charge in [-0.25, -0.2) is 4.79 Å². The van der Waals surface area contributed by atoms with Crippen LogP contribution in [-0.2, 0) is 11.2 Å². The predicted molar refractivity (Wildman–Crippen MR) is 94.2 cm³/mol. The van der Waals surface area contributed by atoms with Crippen molar-refractivity contribution in [3.63, 3.8) is 0 Å². The van der Waals surface area contributed by atoms with E-state index < -0.39 is 10.9 Å². The Kier molecular flexibility index (Phi) is 6.51. The highest BCUT2D eigenvalue weighted by Gasteiger charge is 2.21. The molecule has 0 saturated carbocycles. The van der Waals surface area contributed by atoms with E-state index in [-0.39, 0.29) is 11.3 Å². The maximum Gasteiger partial charge on any atom is 0.344 e. The van der Waals surface area contributed by atoms with Crippen LogP contribution in [0.1, 0.15) is 15.9 Å². The zero-order valence-electron chi connectivity index (χ0n) is 14.1. The smallest absolute Gasteiger partial charge is 0.344 e. The zero-order valence-corrected chi connectivity index (χ0v) is 14.1. The Morgan fingerprint density at radius 3 is 2.62 bits per heavy atom. The molecule has 2 aromatic rings. The van der Waals surface area contributed by atoms with Gasteiger partial charge in [0.1, 0.15) is 17.9 Å². The highest BCUT2D eigenvalue weighted by molar-refractivity contribution is 5.95. The first kappa shape index (κ1) is 18.7. The van der Waals surface area contributed by atoms with Gasteiger partial charge in [-0.3, -0.25) is 10.1 Å². The number of nitrogens with zero attached hydrogens (tertiary/aromatic N) is 2. The second kappa shape index (κ2) is 9.03. The van der Waals surface area contributed by atoms with Crippen LogP contribution in [0.2, 0.25) is 0 Å². The molecule has 2 rings (SSSR count). The quantitative estimate of drug-likeness (QED) is 0.335. The summed E-state index contributed by atoms with van der Waals surface area (Å²) in [4.78, 5) is 22.0. The fraction of sp³-hybridized carbons (Fsp3) is 0.222. The van der Waals surface area contributed by atoms with Crippen LogP contribution in [-0.4, -0.2) is 31.2 Å². The molecule has 2 aromatic carbocycles. The maximum atomic E-state index is 11.7. The van der Waals surface area contributed by atoms with E-state index in [0.717, 1.165) is 5.56 Å². The van der Waals surface area contributed by atoms with Crippen molar-refractivity contribution in [2.24, 2.45) is 0 Å². The standard InChI is InChI=1S/C18H17N3O5/c1-25-18(22)16-12-14(4-7-17(16)21(23)24)20-10-11-26-15-5-2-13(3-6-15)8-9-19/h2-7,12,20H,8,10-11H2,1H3. The molecule has 0 aromatic heterocycles. The summed E-state index contributed by atoms with van der Waals surface area (Å²) in [5.74, 6) is -0.0958. The van der Waals surface area contributed by atoms with Gasteiger partial charge in [0, 0.05) is 18.3 Å². The maximum absolute atomic E-state index is 11.7. The molecule has 134 valence electrons. The van der Waals surface area contributed by atoms with E-state index >= 15 is 0 Å². The first-order valence-corrected chi connectivity index (χ1v) is 7.74. The van der Waals surface area contributed by atoms with Gasteiger partial charge in [-0.05, 0) is 29.8 Å². The van der Waals surface area contributed by atoms with E-state index in [4.69, 9.17) is 10.00 Å². The third-order valence-electron chi connectivity index (χ3n) is 3.51. The average molecular weight is 355 g/mol. The number of benzene rings is 2. The molecule has 1 N–H and O–H groups in total. The number of rotatable bonds is 8. The number of nitrogens with one attached hydrogen (secondary N) is 1. The number of esters is 1. The van der Waals surface area contributed by atoms with E-state index in [2.05, 4.69) is 16.1 Å². The van der Waals surface area contributed by atoms with E-state index in [1.165, 1.54) is 25.3 Å².